The summed E-state index contributed by atoms with van der Waals surface area (Å²) in [5, 5.41) is 11.2. The van der Waals surface area contributed by atoms with Crippen LogP contribution in [0.4, 0.5) is 0 Å². The van der Waals surface area contributed by atoms with Gasteiger partial charge in [-0.15, -0.1) is 0 Å². The summed E-state index contributed by atoms with van der Waals surface area (Å²) >= 11 is 1.54. The number of carbonyl (C=O) groups excluding carboxylic acids is 4. The fourth-order valence-corrected chi connectivity index (χ4v) is 5.77. The SMILES string of the molecule is CNC(=O)[C@@H](NC(=O)[C@@H](CSC[C@@H](Cc1ccccc1)C(=O)N[C@H](C(=O)NC)C(C)C)Cc1ccccc1)C(C)C. The van der Waals surface area contributed by atoms with Crippen molar-refractivity contribution in [2.24, 2.45) is 23.7 Å². The lowest BCUT2D eigenvalue weighted by Crippen LogP contribution is -2.51. The molecule has 0 unspecified atom stereocenters. The maximum absolute atomic E-state index is 13.5. The van der Waals surface area contributed by atoms with Gasteiger partial charge in [-0.25, -0.2) is 0 Å². The summed E-state index contributed by atoms with van der Waals surface area (Å²) in [6, 6.07) is 18.3. The number of nitrogens with one attached hydrogen (secondary N) is 4. The molecule has 8 nitrogen and oxygen atoms in total. The van der Waals surface area contributed by atoms with Crippen molar-refractivity contribution in [3.05, 3.63) is 71.8 Å². The molecule has 224 valence electrons. The van der Waals surface area contributed by atoms with E-state index in [1.54, 1.807) is 25.9 Å². The van der Waals surface area contributed by atoms with Crippen LogP contribution in [0.25, 0.3) is 0 Å². The molecule has 0 aliphatic rings. The highest BCUT2D eigenvalue weighted by Gasteiger charge is 2.30. The zero-order valence-electron chi connectivity index (χ0n) is 25.1. The first-order valence-electron chi connectivity index (χ1n) is 14.3. The van der Waals surface area contributed by atoms with Crippen LogP contribution in [-0.4, -0.2) is 61.3 Å². The minimum atomic E-state index is -0.634. The number of rotatable bonds is 16. The van der Waals surface area contributed by atoms with E-state index in [9.17, 15) is 19.2 Å². The molecule has 0 saturated heterocycles. The number of amides is 4. The van der Waals surface area contributed by atoms with Crippen LogP contribution < -0.4 is 21.3 Å². The molecule has 4 N–H and O–H groups in total. The van der Waals surface area contributed by atoms with E-state index in [0.29, 0.717) is 24.3 Å². The Bertz CT molecular complexity index is 1020. The van der Waals surface area contributed by atoms with Crippen LogP contribution >= 0.6 is 11.8 Å². The van der Waals surface area contributed by atoms with E-state index in [4.69, 9.17) is 0 Å². The molecular weight excluding hydrogens is 536 g/mol. The van der Waals surface area contributed by atoms with Crippen molar-refractivity contribution in [2.45, 2.75) is 52.6 Å². The van der Waals surface area contributed by atoms with Crippen LogP contribution in [-0.2, 0) is 32.0 Å². The second kappa shape index (κ2) is 17.5. The molecule has 2 aromatic carbocycles. The summed E-state index contributed by atoms with van der Waals surface area (Å²) in [4.78, 5) is 51.8. The normalized spacial score (nSPS) is 14.0. The van der Waals surface area contributed by atoms with Gasteiger partial charge >= 0.3 is 0 Å². The average Bonchev–Trinajstić information content (AvgIpc) is 2.97. The van der Waals surface area contributed by atoms with E-state index in [1.165, 1.54) is 0 Å². The molecule has 4 atom stereocenters. The highest BCUT2D eigenvalue weighted by atomic mass is 32.2. The average molecular weight is 583 g/mol. The van der Waals surface area contributed by atoms with Crippen molar-refractivity contribution < 1.29 is 19.2 Å². The molecule has 41 heavy (non-hydrogen) atoms. The quantitative estimate of drug-likeness (QED) is 0.243. The van der Waals surface area contributed by atoms with Gasteiger partial charge in [0.05, 0.1) is 11.8 Å². The van der Waals surface area contributed by atoms with Crippen molar-refractivity contribution in [1.29, 1.82) is 0 Å². The highest BCUT2D eigenvalue weighted by Crippen LogP contribution is 2.21. The van der Waals surface area contributed by atoms with Gasteiger partial charge in [0, 0.05) is 25.6 Å². The maximum Gasteiger partial charge on any atom is 0.242 e. The summed E-state index contributed by atoms with van der Waals surface area (Å²) in [5.74, 6) is -0.827. The second-order valence-electron chi connectivity index (χ2n) is 11.0. The lowest BCUT2D eigenvalue weighted by Gasteiger charge is -2.26. The van der Waals surface area contributed by atoms with Gasteiger partial charge in [0.2, 0.25) is 23.6 Å². The predicted molar refractivity (Wildman–Crippen MR) is 166 cm³/mol. The smallest absolute Gasteiger partial charge is 0.242 e. The zero-order chi connectivity index (χ0) is 30.4. The van der Waals surface area contributed by atoms with Gasteiger partial charge in [-0.1, -0.05) is 88.4 Å². The minimum Gasteiger partial charge on any atom is -0.357 e. The third kappa shape index (κ3) is 11.2. The number of carbonyl (C=O) groups is 4. The topological polar surface area (TPSA) is 116 Å². The highest BCUT2D eigenvalue weighted by molar-refractivity contribution is 7.99. The van der Waals surface area contributed by atoms with Crippen molar-refractivity contribution in [3.63, 3.8) is 0 Å². The van der Waals surface area contributed by atoms with E-state index in [1.807, 2.05) is 88.4 Å². The lowest BCUT2D eigenvalue weighted by atomic mass is 9.97. The Labute approximate surface area is 249 Å². The predicted octanol–water partition coefficient (Wildman–Crippen LogP) is 3.21. The summed E-state index contributed by atoms with van der Waals surface area (Å²) in [6.07, 6.45) is 1.03. The standard InChI is InChI=1S/C32H46N4O4S/c1-21(2)27(31(39)33-5)35-29(37)25(17-23-13-9-7-10-14-23)19-41-20-26(18-24-15-11-8-12-16-24)30(38)36-28(22(3)4)32(40)34-6/h7-16,21-22,25-28H,17-20H2,1-6H3,(H,33,39)(H,34,40)(H,35,37)(H,36,38)/t25-,26-,27+,28+/m1/s1. The molecule has 4 amide bonds. The van der Waals surface area contributed by atoms with Gasteiger partial charge in [0.1, 0.15) is 12.1 Å². The minimum absolute atomic E-state index is 0.0721. The van der Waals surface area contributed by atoms with E-state index in [-0.39, 0.29) is 35.5 Å². The fourth-order valence-electron chi connectivity index (χ4n) is 4.53. The summed E-state index contributed by atoms with van der Waals surface area (Å²) < 4.78 is 0. The third-order valence-electron chi connectivity index (χ3n) is 7.02. The molecule has 0 heterocycles. The second-order valence-corrected chi connectivity index (χ2v) is 12.1. The number of hydrogen-bond donors (Lipinski definition) is 4. The Morgan fingerprint density at radius 1 is 0.585 bits per heavy atom. The molecule has 0 radical (unpaired) electrons. The first-order valence-corrected chi connectivity index (χ1v) is 15.4. The molecule has 0 fully saturated rings. The fraction of sp³-hybridized carbons (Fsp3) is 0.500. The van der Waals surface area contributed by atoms with Gasteiger partial charge in [-0.2, -0.15) is 11.8 Å². The molecule has 0 bridgehead atoms. The van der Waals surface area contributed by atoms with E-state index in [0.717, 1.165) is 11.1 Å². The summed E-state index contributed by atoms with van der Waals surface area (Å²) in [6.45, 7) is 7.60. The summed E-state index contributed by atoms with van der Waals surface area (Å²) in [5.41, 5.74) is 2.05. The van der Waals surface area contributed by atoms with Crippen molar-refractivity contribution in [2.75, 3.05) is 25.6 Å². The largest absolute Gasteiger partial charge is 0.357 e. The Balaban J connectivity index is 2.21. The monoisotopic (exact) mass is 582 g/mol. The molecule has 2 aromatic rings. The zero-order valence-corrected chi connectivity index (χ0v) is 25.9. The Kier molecular flexibility index (Phi) is 14.4. The molecule has 2 rings (SSSR count). The number of likely N-dealkylation sites (N-methyl/N-ethyl adjacent to an activating group) is 2. The van der Waals surface area contributed by atoms with Crippen LogP contribution in [0.2, 0.25) is 0 Å². The van der Waals surface area contributed by atoms with Gasteiger partial charge in [0.25, 0.3) is 0 Å². The van der Waals surface area contributed by atoms with Crippen LogP contribution in [0.3, 0.4) is 0 Å². The van der Waals surface area contributed by atoms with Gasteiger partial charge in [0.15, 0.2) is 0 Å². The van der Waals surface area contributed by atoms with Crippen molar-refractivity contribution in [3.8, 4) is 0 Å². The van der Waals surface area contributed by atoms with Crippen molar-refractivity contribution in [1.82, 2.24) is 21.3 Å². The molecule has 0 aliphatic heterocycles. The van der Waals surface area contributed by atoms with E-state index in [2.05, 4.69) is 21.3 Å². The molecule has 0 spiro atoms. The molecule has 0 aliphatic carbocycles. The lowest BCUT2D eigenvalue weighted by molar-refractivity contribution is -0.131. The number of thioether (sulfide) groups is 1. The molecular formula is C32H46N4O4S. The van der Waals surface area contributed by atoms with Crippen LogP contribution in [0.1, 0.15) is 38.8 Å². The van der Waals surface area contributed by atoms with Crippen LogP contribution in [0.5, 0.6) is 0 Å². The Morgan fingerprint density at radius 3 is 1.22 bits per heavy atom. The number of hydrogen-bond acceptors (Lipinski definition) is 5. The maximum atomic E-state index is 13.5. The first-order chi connectivity index (χ1) is 19.6. The summed E-state index contributed by atoms with van der Waals surface area (Å²) in [7, 11) is 3.13. The van der Waals surface area contributed by atoms with E-state index < -0.39 is 23.9 Å². The van der Waals surface area contributed by atoms with Gasteiger partial charge in [-0.3, -0.25) is 19.2 Å². The first kappa shape index (κ1) is 33.9. The molecule has 0 aromatic heterocycles. The van der Waals surface area contributed by atoms with Crippen LogP contribution in [0, 0.1) is 23.7 Å². The third-order valence-corrected chi connectivity index (χ3v) is 8.29. The Hall–Kier alpha value is -3.33. The number of benzene rings is 2. The van der Waals surface area contributed by atoms with Crippen molar-refractivity contribution >= 4 is 35.4 Å². The Morgan fingerprint density at radius 2 is 0.927 bits per heavy atom. The van der Waals surface area contributed by atoms with Crippen LogP contribution in [0.15, 0.2) is 60.7 Å². The molecule has 9 heteroatoms. The van der Waals surface area contributed by atoms with E-state index >= 15 is 0 Å². The molecule has 0 saturated carbocycles. The van der Waals surface area contributed by atoms with Gasteiger partial charge < -0.3 is 21.3 Å². The van der Waals surface area contributed by atoms with Gasteiger partial charge in [-0.05, 0) is 35.8 Å².